The van der Waals surface area contributed by atoms with E-state index in [2.05, 4.69) is 26.0 Å². The van der Waals surface area contributed by atoms with Crippen molar-refractivity contribution in [1.29, 1.82) is 0 Å². The standard InChI is InChI=1S/C36H71NO3/c1-3-5-7-9-11-13-15-17-18-20-22-24-26-28-30-32-36(39)40-33-34(37)35(38)31-29-27-25-23-21-19-16-14-12-10-8-6-4-2/h17-18,34-35,38H,3-16,19-33,37H2,1-2H3/b18-17-. The molecule has 0 bridgehead atoms. The van der Waals surface area contributed by atoms with E-state index in [1.807, 2.05) is 0 Å². The molecule has 40 heavy (non-hydrogen) atoms. The molecule has 0 aromatic heterocycles. The van der Waals surface area contributed by atoms with Crippen molar-refractivity contribution in [3.05, 3.63) is 12.2 Å². The number of carbonyl (C=O) groups excluding carboxylic acids is 1. The molecule has 0 aromatic rings. The van der Waals surface area contributed by atoms with Crippen LogP contribution in [0.3, 0.4) is 0 Å². The predicted octanol–water partition coefficient (Wildman–Crippen LogP) is 10.7. The highest BCUT2D eigenvalue weighted by atomic mass is 16.5. The van der Waals surface area contributed by atoms with Crippen molar-refractivity contribution in [2.75, 3.05) is 6.61 Å². The van der Waals surface area contributed by atoms with Gasteiger partial charge in [0.05, 0.1) is 12.1 Å². The molecule has 2 unspecified atom stereocenters. The van der Waals surface area contributed by atoms with Gasteiger partial charge in [-0.2, -0.15) is 0 Å². The van der Waals surface area contributed by atoms with E-state index in [1.165, 1.54) is 141 Å². The molecule has 0 fully saturated rings. The Morgan fingerprint density at radius 2 is 0.975 bits per heavy atom. The van der Waals surface area contributed by atoms with E-state index in [0.29, 0.717) is 12.8 Å². The Morgan fingerprint density at radius 1 is 0.600 bits per heavy atom. The van der Waals surface area contributed by atoms with Gasteiger partial charge in [-0.05, 0) is 38.5 Å². The maximum atomic E-state index is 12.0. The van der Waals surface area contributed by atoms with Gasteiger partial charge in [0.25, 0.3) is 0 Å². The van der Waals surface area contributed by atoms with Crippen LogP contribution < -0.4 is 5.73 Å². The van der Waals surface area contributed by atoms with E-state index in [4.69, 9.17) is 10.5 Å². The summed E-state index contributed by atoms with van der Waals surface area (Å²) in [5, 5.41) is 10.3. The monoisotopic (exact) mass is 566 g/mol. The molecule has 0 aromatic carbocycles. The lowest BCUT2D eigenvalue weighted by atomic mass is 10.0. The Bertz CT molecular complexity index is 536. The Kier molecular flexibility index (Phi) is 31.9. The molecule has 0 aliphatic rings. The van der Waals surface area contributed by atoms with Crippen molar-refractivity contribution in [1.82, 2.24) is 0 Å². The van der Waals surface area contributed by atoms with E-state index >= 15 is 0 Å². The topological polar surface area (TPSA) is 72.5 Å². The number of esters is 1. The molecule has 0 amide bonds. The molecule has 2 atom stereocenters. The second-order valence-corrected chi connectivity index (χ2v) is 12.3. The number of aliphatic hydroxyl groups is 1. The number of ether oxygens (including phenoxy) is 1. The van der Waals surface area contributed by atoms with Gasteiger partial charge in [-0.25, -0.2) is 0 Å². The second kappa shape index (κ2) is 32.6. The first-order valence-corrected chi connectivity index (χ1v) is 17.9. The van der Waals surface area contributed by atoms with E-state index in [0.717, 1.165) is 25.7 Å². The molecule has 238 valence electrons. The van der Waals surface area contributed by atoms with Crippen LogP contribution in [-0.4, -0.2) is 29.8 Å². The van der Waals surface area contributed by atoms with E-state index < -0.39 is 12.1 Å². The van der Waals surface area contributed by atoms with E-state index in [9.17, 15) is 9.90 Å². The third kappa shape index (κ3) is 30.1. The van der Waals surface area contributed by atoms with Gasteiger partial charge in [0.2, 0.25) is 0 Å². The average molecular weight is 566 g/mol. The number of carbonyl (C=O) groups is 1. The molecular formula is C36H71NO3. The molecule has 0 radical (unpaired) electrons. The zero-order valence-corrected chi connectivity index (χ0v) is 27.2. The average Bonchev–Trinajstić information content (AvgIpc) is 2.96. The normalized spacial score (nSPS) is 13.2. The number of hydrogen-bond acceptors (Lipinski definition) is 4. The lowest BCUT2D eigenvalue weighted by molar-refractivity contribution is -0.145. The minimum absolute atomic E-state index is 0.128. The molecule has 4 nitrogen and oxygen atoms in total. The van der Waals surface area contributed by atoms with Gasteiger partial charge in [-0.3, -0.25) is 4.79 Å². The van der Waals surface area contributed by atoms with E-state index in [1.54, 1.807) is 0 Å². The van der Waals surface area contributed by atoms with Crippen LogP contribution in [0.15, 0.2) is 12.2 Å². The quantitative estimate of drug-likeness (QED) is 0.0483. The maximum absolute atomic E-state index is 12.0. The van der Waals surface area contributed by atoms with Crippen LogP contribution in [0, 0.1) is 0 Å². The molecule has 0 aliphatic heterocycles. The molecule has 0 aliphatic carbocycles. The first-order chi connectivity index (χ1) is 19.6. The summed E-state index contributed by atoms with van der Waals surface area (Å²) in [6.07, 6.45) is 38.6. The fourth-order valence-corrected chi connectivity index (χ4v) is 5.30. The van der Waals surface area contributed by atoms with Gasteiger partial charge in [-0.1, -0.05) is 161 Å². The highest BCUT2D eigenvalue weighted by Gasteiger charge is 2.16. The summed E-state index contributed by atoms with van der Waals surface area (Å²) in [7, 11) is 0. The number of hydrogen-bond donors (Lipinski definition) is 2. The molecule has 0 spiro atoms. The third-order valence-electron chi connectivity index (χ3n) is 8.18. The fraction of sp³-hybridized carbons (Fsp3) is 0.917. The number of aliphatic hydroxyl groups excluding tert-OH is 1. The summed E-state index contributed by atoms with van der Waals surface area (Å²) in [6.45, 7) is 4.67. The van der Waals surface area contributed by atoms with Crippen LogP contribution in [0.1, 0.15) is 194 Å². The van der Waals surface area contributed by atoms with Crippen molar-refractivity contribution in [3.63, 3.8) is 0 Å². The van der Waals surface area contributed by atoms with Crippen LogP contribution >= 0.6 is 0 Å². The zero-order chi connectivity index (χ0) is 29.4. The number of allylic oxidation sites excluding steroid dienone is 2. The summed E-state index contributed by atoms with van der Waals surface area (Å²) in [5.74, 6) is -0.179. The molecule has 0 rings (SSSR count). The third-order valence-corrected chi connectivity index (χ3v) is 8.18. The van der Waals surface area contributed by atoms with Gasteiger partial charge in [0, 0.05) is 6.42 Å². The van der Waals surface area contributed by atoms with E-state index in [-0.39, 0.29) is 12.6 Å². The Morgan fingerprint density at radius 3 is 1.43 bits per heavy atom. The summed E-state index contributed by atoms with van der Waals surface area (Å²) >= 11 is 0. The van der Waals surface area contributed by atoms with Crippen molar-refractivity contribution in [2.45, 2.75) is 206 Å². The first-order valence-electron chi connectivity index (χ1n) is 17.9. The number of nitrogens with two attached hydrogens (primary N) is 1. The lowest BCUT2D eigenvalue weighted by Gasteiger charge is -2.18. The largest absolute Gasteiger partial charge is 0.464 e. The van der Waals surface area contributed by atoms with Crippen molar-refractivity contribution < 1.29 is 14.6 Å². The van der Waals surface area contributed by atoms with Crippen LogP contribution in [0.4, 0.5) is 0 Å². The smallest absolute Gasteiger partial charge is 0.305 e. The Hall–Kier alpha value is -0.870. The van der Waals surface area contributed by atoms with Crippen molar-refractivity contribution in [3.8, 4) is 0 Å². The van der Waals surface area contributed by atoms with Crippen molar-refractivity contribution in [2.24, 2.45) is 5.73 Å². The van der Waals surface area contributed by atoms with Gasteiger partial charge in [0.1, 0.15) is 6.61 Å². The van der Waals surface area contributed by atoms with Gasteiger partial charge >= 0.3 is 5.97 Å². The Labute approximate surface area is 250 Å². The van der Waals surface area contributed by atoms with Gasteiger partial charge in [0.15, 0.2) is 0 Å². The highest BCUT2D eigenvalue weighted by molar-refractivity contribution is 5.69. The number of rotatable bonds is 32. The lowest BCUT2D eigenvalue weighted by Crippen LogP contribution is -2.39. The van der Waals surface area contributed by atoms with Gasteiger partial charge < -0.3 is 15.6 Å². The second-order valence-electron chi connectivity index (χ2n) is 12.3. The molecule has 3 N–H and O–H groups in total. The predicted molar refractivity (Wildman–Crippen MR) is 175 cm³/mol. The van der Waals surface area contributed by atoms with Crippen LogP contribution in [0.5, 0.6) is 0 Å². The van der Waals surface area contributed by atoms with Crippen LogP contribution in [-0.2, 0) is 9.53 Å². The number of unbranched alkanes of at least 4 members (excludes halogenated alkanes) is 23. The summed E-state index contributed by atoms with van der Waals surface area (Å²) < 4.78 is 5.33. The minimum Gasteiger partial charge on any atom is -0.464 e. The molecule has 0 saturated heterocycles. The molecular weight excluding hydrogens is 494 g/mol. The molecule has 0 saturated carbocycles. The highest BCUT2D eigenvalue weighted by Crippen LogP contribution is 2.14. The molecule has 0 heterocycles. The summed E-state index contributed by atoms with van der Waals surface area (Å²) in [4.78, 5) is 12.0. The van der Waals surface area contributed by atoms with Crippen LogP contribution in [0.2, 0.25) is 0 Å². The minimum atomic E-state index is -0.583. The summed E-state index contributed by atoms with van der Waals surface area (Å²) in [5.41, 5.74) is 6.07. The van der Waals surface area contributed by atoms with Gasteiger partial charge in [-0.15, -0.1) is 0 Å². The Balaban J connectivity index is 3.44. The van der Waals surface area contributed by atoms with Crippen molar-refractivity contribution >= 4 is 5.97 Å². The molecule has 4 heteroatoms. The fourth-order valence-electron chi connectivity index (χ4n) is 5.30. The maximum Gasteiger partial charge on any atom is 0.305 e. The zero-order valence-electron chi connectivity index (χ0n) is 27.2. The van der Waals surface area contributed by atoms with Crippen LogP contribution in [0.25, 0.3) is 0 Å². The summed E-state index contributed by atoms with van der Waals surface area (Å²) in [6, 6.07) is -0.476. The first kappa shape index (κ1) is 39.1. The SMILES string of the molecule is CCCCCCCC/C=C\CCCCCCCC(=O)OCC(N)C(O)CCCCCCCCCCCCCCC.